The number of carbonyl (C=O) groups is 1. The first-order valence-corrected chi connectivity index (χ1v) is 12.3. The second-order valence-corrected chi connectivity index (χ2v) is 9.50. The second-order valence-electron chi connectivity index (χ2n) is 7.61. The fraction of sp³-hybridized carbons (Fsp3) is 0.364. The van der Waals surface area contributed by atoms with Gasteiger partial charge in [-0.05, 0) is 24.6 Å². The maximum Gasteiger partial charge on any atom is 0.305 e. The van der Waals surface area contributed by atoms with Crippen LogP contribution in [0, 0.1) is 0 Å². The van der Waals surface area contributed by atoms with Gasteiger partial charge >= 0.3 is 5.97 Å². The normalized spacial score (nSPS) is 14.9. The van der Waals surface area contributed by atoms with E-state index in [4.69, 9.17) is 9.84 Å². The molecule has 184 valence electrons. The Morgan fingerprint density at radius 1 is 1.29 bits per heavy atom. The number of hydrogen-bond donors (Lipinski definition) is 5. The number of anilines is 1. The molecule has 34 heavy (non-hydrogen) atoms. The van der Waals surface area contributed by atoms with Crippen molar-refractivity contribution >= 4 is 21.5 Å². The Bertz CT molecular complexity index is 1120. The zero-order valence-corrected chi connectivity index (χ0v) is 19.6. The highest BCUT2D eigenvalue weighted by Crippen LogP contribution is 2.32. The summed E-state index contributed by atoms with van der Waals surface area (Å²) in [5.41, 5.74) is 3.45. The Hall–Kier alpha value is -3.35. The summed E-state index contributed by atoms with van der Waals surface area (Å²) < 4.78 is 32.9. The first kappa shape index (κ1) is 25.3. The van der Waals surface area contributed by atoms with Crippen molar-refractivity contribution in [3.63, 3.8) is 0 Å². The summed E-state index contributed by atoms with van der Waals surface area (Å²) in [6.45, 7) is 3.12. The summed E-state index contributed by atoms with van der Waals surface area (Å²) in [7, 11) is -4.00. The number of carboxylic acid groups (broad SMARTS) is 1. The highest BCUT2D eigenvalue weighted by atomic mass is 32.2. The molecule has 1 aliphatic rings. The molecule has 1 atom stereocenters. The van der Waals surface area contributed by atoms with Crippen molar-refractivity contribution < 1.29 is 28.2 Å². The second kappa shape index (κ2) is 11.7. The molecule has 1 aromatic carbocycles. The van der Waals surface area contributed by atoms with Gasteiger partial charge in [0.05, 0.1) is 48.7 Å². The van der Waals surface area contributed by atoms with Crippen molar-refractivity contribution in [1.29, 1.82) is 0 Å². The van der Waals surface area contributed by atoms with Crippen LogP contribution in [-0.2, 0) is 14.6 Å². The third-order valence-corrected chi connectivity index (χ3v) is 6.89. The van der Waals surface area contributed by atoms with Crippen LogP contribution in [0.4, 0.5) is 5.69 Å². The van der Waals surface area contributed by atoms with Crippen molar-refractivity contribution in [2.24, 2.45) is 0 Å². The molecule has 1 aliphatic heterocycles. The van der Waals surface area contributed by atoms with Crippen molar-refractivity contribution in [2.45, 2.75) is 35.6 Å². The van der Waals surface area contributed by atoms with Gasteiger partial charge in [-0.2, -0.15) is 0 Å². The lowest BCUT2D eigenvalue weighted by molar-refractivity contribution is -0.136. The number of hydrazine groups is 1. The molecule has 0 saturated carbocycles. The summed E-state index contributed by atoms with van der Waals surface area (Å²) in [4.78, 5) is 14.7. The topological polar surface area (TPSA) is 153 Å². The molecule has 1 aromatic heterocycles. The molecule has 12 heteroatoms. The van der Waals surface area contributed by atoms with Crippen LogP contribution < -0.4 is 20.8 Å². The van der Waals surface area contributed by atoms with Crippen LogP contribution in [0.15, 0.2) is 64.5 Å². The molecule has 0 radical (unpaired) electrons. The summed E-state index contributed by atoms with van der Waals surface area (Å²) >= 11 is 0. The van der Waals surface area contributed by atoms with Gasteiger partial charge in [0.1, 0.15) is 23.0 Å². The van der Waals surface area contributed by atoms with Crippen LogP contribution in [0.5, 0.6) is 5.75 Å². The summed E-state index contributed by atoms with van der Waals surface area (Å²) in [6, 6.07) is 7.59. The molecule has 0 amide bonds. The van der Waals surface area contributed by atoms with E-state index >= 15 is 0 Å². The van der Waals surface area contributed by atoms with E-state index in [1.54, 1.807) is 29.4 Å². The van der Waals surface area contributed by atoms with Gasteiger partial charge in [-0.1, -0.05) is 19.1 Å². The number of ether oxygens (including phenoxy) is 1. The molecule has 0 fully saturated rings. The summed E-state index contributed by atoms with van der Waals surface area (Å²) in [5, 5.41) is 26.1. The first-order chi connectivity index (χ1) is 16.3. The third-order valence-electron chi connectivity index (χ3n) is 5.04. The van der Waals surface area contributed by atoms with Gasteiger partial charge < -0.3 is 20.3 Å². The lowest BCUT2D eigenvalue weighted by Gasteiger charge is -2.30. The monoisotopic (exact) mass is 491 g/mol. The fourth-order valence-corrected chi connectivity index (χ4v) is 4.83. The molecule has 0 saturated heterocycles. The quantitative estimate of drug-likeness (QED) is 0.295. The van der Waals surface area contributed by atoms with Gasteiger partial charge in [0, 0.05) is 12.7 Å². The number of aliphatic hydroxyl groups excluding tert-OH is 1. The molecular weight excluding hydrogens is 462 g/mol. The number of pyridine rings is 1. The van der Waals surface area contributed by atoms with Crippen LogP contribution >= 0.6 is 0 Å². The third kappa shape index (κ3) is 6.59. The van der Waals surface area contributed by atoms with Gasteiger partial charge in [-0.3, -0.25) is 20.1 Å². The summed E-state index contributed by atoms with van der Waals surface area (Å²) in [6.07, 6.45) is 4.84. The molecule has 3 rings (SSSR count). The maximum atomic E-state index is 13.5. The lowest BCUT2D eigenvalue weighted by atomic mass is 10.2. The minimum Gasteiger partial charge on any atom is -0.509 e. The zero-order valence-electron chi connectivity index (χ0n) is 18.8. The van der Waals surface area contributed by atoms with Gasteiger partial charge in [0.25, 0.3) is 0 Å². The number of aromatic nitrogens is 1. The van der Waals surface area contributed by atoms with E-state index in [9.17, 15) is 18.3 Å². The highest BCUT2D eigenvalue weighted by Gasteiger charge is 2.26. The van der Waals surface area contributed by atoms with Gasteiger partial charge in [-0.25, -0.2) is 13.8 Å². The predicted octanol–water partition coefficient (Wildman–Crippen LogP) is 1.73. The van der Waals surface area contributed by atoms with Crippen LogP contribution in [0.25, 0.3) is 0 Å². The van der Waals surface area contributed by atoms with Crippen LogP contribution in [0.1, 0.15) is 19.8 Å². The zero-order chi connectivity index (χ0) is 24.6. The number of para-hydroxylation sites is 1. The highest BCUT2D eigenvalue weighted by molar-refractivity contribution is 7.91. The predicted molar refractivity (Wildman–Crippen MR) is 125 cm³/mol. The number of hydrogen-bond acceptors (Lipinski definition) is 10. The number of carboxylic acids is 1. The Morgan fingerprint density at radius 2 is 2.09 bits per heavy atom. The number of nitrogens with one attached hydrogen (secondary N) is 3. The Balaban J connectivity index is 1.78. The average Bonchev–Trinajstić information content (AvgIpc) is 2.82. The molecule has 0 aliphatic carbocycles. The number of benzene rings is 1. The van der Waals surface area contributed by atoms with E-state index < -0.39 is 15.8 Å². The number of aliphatic hydroxyl groups is 1. The van der Waals surface area contributed by atoms with Crippen molar-refractivity contribution in [3.05, 3.63) is 54.7 Å². The number of nitrogens with zero attached hydrogens (tertiary/aromatic N) is 2. The largest absolute Gasteiger partial charge is 0.509 e. The van der Waals surface area contributed by atoms with Crippen LogP contribution in [-0.4, -0.2) is 67.0 Å². The van der Waals surface area contributed by atoms with E-state index in [2.05, 4.69) is 21.0 Å². The van der Waals surface area contributed by atoms with Gasteiger partial charge in [0.15, 0.2) is 0 Å². The van der Waals surface area contributed by atoms with E-state index in [0.29, 0.717) is 19.6 Å². The average molecular weight is 492 g/mol. The van der Waals surface area contributed by atoms with E-state index in [1.807, 2.05) is 6.92 Å². The number of rotatable bonds is 12. The van der Waals surface area contributed by atoms with E-state index in [0.717, 1.165) is 0 Å². The van der Waals surface area contributed by atoms with Gasteiger partial charge in [0.2, 0.25) is 9.84 Å². The lowest BCUT2D eigenvalue weighted by Crippen LogP contribution is -2.50. The number of aliphatic carboxylic acids is 1. The molecule has 0 spiro atoms. The van der Waals surface area contributed by atoms with Gasteiger partial charge in [-0.15, -0.1) is 0 Å². The summed E-state index contributed by atoms with van der Waals surface area (Å²) in [5.74, 6) is -0.591. The smallest absolute Gasteiger partial charge is 0.305 e. The van der Waals surface area contributed by atoms with E-state index in [1.165, 1.54) is 24.5 Å². The van der Waals surface area contributed by atoms with Crippen molar-refractivity contribution in [2.75, 3.05) is 31.7 Å². The Morgan fingerprint density at radius 3 is 2.82 bits per heavy atom. The maximum absolute atomic E-state index is 13.5. The SMILES string of the molecule is CCC(COc1ccccc1S(=O)(=O)c1ccncc1NCCC(=O)O)NN1C=C(O)CNC1. The molecule has 5 N–H and O–H groups in total. The van der Waals surface area contributed by atoms with Crippen molar-refractivity contribution in [1.82, 2.24) is 20.7 Å². The molecule has 2 aromatic rings. The molecule has 11 nitrogen and oxygen atoms in total. The Kier molecular flexibility index (Phi) is 8.68. The standard InChI is InChI=1S/C22H29N5O6S/c1-2-16(26-27-13-17(28)11-24-15-27)14-33-19-5-3-4-6-21(19)34(31,32)20-7-9-23-12-18(20)25-10-8-22(29)30/h3-7,9,12-13,16,24-26,28H,2,8,10-11,14-15H2,1H3,(H,29,30). The fourth-order valence-electron chi connectivity index (χ4n) is 3.29. The molecule has 2 heterocycles. The minimum atomic E-state index is -4.00. The molecular formula is C22H29N5O6S. The molecule has 1 unspecified atom stereocenters. The first-order valence-electron chi connectivity index (χ1n) is 10.8. The van der Waals surface area contributed by atoms with Crippen LogP contribution in [0.2, 0.25) is 0 Å². The minimum absolute atomic E-state index is 0.00508. The molecule has 0 bridgehead atoms. The number of sulfone groups is 1. The Labute approximate surface area is 198 Å². The van der Waals surface area contributed by atoms with Crippen molar-refractivity contribution in [3.8, 4) is 5.75 Å². The van der Waals surface area contributed by atoms with E-state index in [-0.39, 0.29) is 52.6 Å². The van der Waals surface area contributed by atoms with Crippen LogP contribution in [0.3, 0.4) is 0 Å².